The first-order valence-corrected chi connectivity index (χ1v) is 19.3. The predicted molar refractivity (Wildman–Crippen MR) is 220 cm³/mol. The Morgan fingerprint density at radius 1 is 0.308 bits per heavy atom. The minimum atomic E-state index is -3.10. The molecule has 0 radical (unpaired) electrons. The van der Waals surface area contributed by atoms with Gasteiger partial charge in [0.25, 0.3) is 0 Å². The zero-order chi connectivity index (χ0) is 34.6. The van der Waals surface area contributed by atoms with Crippen molar-refractivity contribution in [1.82, 2.24) is 9.13 Å². The van der Waals surface area contributed by atoms with E-state index < -0.39 is 7.14 Å². The van der Waals surface area contributed by atoms with E-state index in [0.717, 1.165) is 60.5 Å². The Morgan fingerprint density at radius 2 is 0.635 bits per heavy atom. The van der Waals surface area contributed by atoms with E-state index in [-0.39, 0.29) is 0 Å². The fourth-order valence-electron chi connectivity index (χ4n) is 8.01. The van der Waals surface area contributed by atoms with Crippen LogP contribution < -0.4 is 15.9 Å². The van der Waals surface area contributed by atoms with Gasteiger partial charge < -0.3 is 13.7 Å². The van der Waals surface area contributed by atoms with Gasteiger partial charge in [0.05, 0.1) is 22.1 Å². The zero-order valence-electron chi connectivity index (χ0n) is 28.3. The normalized spacial score (nSPS) is 11.9. The summed E-state index contributed by atoms with van der Waals surface area (Å²) in [6.07, 6.45) is 0. The Kier molecular flexibility index (Phi) is 7.09. The van der Waals surface area contributed by atoms with Crippen LogP contribution in [0, 0.1) is 0 Å². The van der Waals surface area contributed by atoms with E-state index in [1.807, 2.05) is 60.7 Å². The van der Waals surface area contributed by atoms with Crippen LogP contribution in [-0.2, 0) is 4.57 Å². The van der Waals surface area contributed by atoms with E-state index >= 15 is 4.57 Å². The van der Waals surface area contributed by atoms with Crippen molar-refractivity contribution < 1.29 is 4.57 Å². The standard InChI is InChI=1S/C48H33N2OP/c51-52(38-15-3-1-4-16-38,39-17-5-2-6-18-39)40-29-27-34(28-30-40)35-31-36(49-45-23-11-7-19-41(45)42-20-8-12-24-46(42)49)33-37(32-35)50-47-25-13-9-21-43(47)44-22-10-14-26-48(44)50/h1-33H. The van der Waals surface area contributed by atoms with E-state index in [1.54, 1.807) is 0 Å². The second-order valence-electron chi connectivity index (χ2n) is 13.3. The monoisotopic (exact) mass is 684 g/mol. The maximum Gasteiger partial charge on any atom is 0.171 e. The summed E-state index contributed by atoms with van der Waals surface area (Å²) in [7, 11) is -3.10. The van der Waals surface area contributed by atoms with E-state index in [0.29, 0.717) is 0 Å². The summed E-state index contributed by atoms with van der Waals surface area (Å²) in [4.78, 5) is 0. The molecule has 0 spiro atoms. The largest absolute Gasteiger partial charge is 0.309 e. The van der Waals surface area contributed by atoms with Crippen LogP contribution in [0.2, 0.25) is 0 Å². The first-order valence-electron chi connectivity index (χ1n) is 17.6. The molecule has 3 nitrogen and oxygen atoms in total. The third-order valence-electron chi connectivity index (χ3n) is 10.4. The van der Waals surface area contributed by atoms with Crippen molar-refractivity contribution in [1.29, 1.82) is 0 Å². The highest BCUT2D eigenvalue weighted by atomic mass is 31.2. The Balaban J connectivity index is 1.22. The van der Waals surface area contributed by atoms with Gasteiger partial charge in [0.1, 0.15) is 0 Å². The minimum Gasteiger partial charge on any atom is -0.309 e. The smallest absolute Gasteiger partial charge is 0.171 e. The molecule has 2 aromatic heterocycles. The van der Waals surface area contributed by atoms with Crippen molar-refractivity contribution in [3.8, 4) is 22.5 Å². The minimum absolute atomic E-state index is 0.815. The molecule has 0 saturated heterocycles. The molecule has 10 aromatic rings. The lowest BCUT2D eigenvalue weighted by Gasteiger charge is -2.20. The van der Waals surface area contributed by atoms with Crippen molar-refractivity contribution in [3.63, 3.8) is 0 Å². The number of aromatic nitrogens is 2. The molecule has 0 atom stereocenters. The number of hydrogen-bond donors (Lipinski definition) is 0. The summed E-state index contributed by atoms with van der Waals surface area (Å²) in [5, 5.41) is 7.38. The first kappa shape index (κ1) is 30.4. The third kappa shape index (κ3) is 4.71. The Labute approximate surface area is 302 Å². The molecular formula is C48H33N2OP. The molecule has 0 saturated carbocycles. The summed E-state index contributed by atoms with van der Waals surface area (Å²) in [5.41, 5.74) is 8.95. The molecule has 2 heterocycles. The Hall–Kier alpha value is -6.41. The van der Waals surface area contributed by atoms with Crippen LogP contribution in [0.1, 0.15) is 0 Å². The molecule has 0 fully saturated rings. The van der Waals surface area contributed by atoms with Gasteiger partial charge in [-0.15, -0.1) is 0 Å². The van der Waals surface area contributed by atoms with Crippen LogP contribution >= 0.6 is 7.14 Å². The van der Waals surface area contributed by atoms with Gasteiger partial charge in [0.2, 0.25) is 0 Å². The Bertz CT molecular complexity index is 2690. The molecule has 52 heavy (non-hydrogen) atoms. The van der Waals surface area contributed by atoms with E-state index in [4.69, 9.17) is 0 Å². The maximum atomic E-state index is 15.2. The van der Waals surface area contributed by atoms with E-state index in [9.17, 15) is 0 Å². The molecule has 0 unspecified atom stereocenters. The number of hydrogen-bond acceptors (Lipinski definition) is 1. The van der Waals surface area contributed by atoms with Crippen molar-refractivity contribution in [2.75, 3.05) is 0 Å². The van der Waals surface area contributed by atoms with Crippen LogP contribution in [0.5, 0.6) is 0 Å². The fourth-order valence-corrected chi connectivity index (χ4v) is 10.7. The van der Waals surface area contributed by atoms with Gasteiger partial charge in [-0.1, -0.05) is 158 Å². The highest BCUT2D eigenvalue weighted by Crippen LogP contribution is 2.43. The van der Waals surface area contributed by atoms with E-state index in [2.05, 4.69) is 149 Å². The summed E-state index contributed by atoms with van der Waals surface area (Å²) >= 11 is 0. The molecule has 0 bridgehead atoms. The maximum absolute atomic E-state index is 15.2. The topological polar surface area (TPSA) is 26.9 Å². The fraction of sp³-hybridized carbons (Fsp3) is 0. The molecule has 10 rings (SSSR count). The van der Waals surface area contributed by atoms with Gasteiger partial charge in [-0.25, -0.2) is 0 Å². The number of fused-ring (bicyclic) bond motifs is 6. The van der Waals surface area contributed by atoms with Gasteiger partial charge in [0.15, 0.2) is 7.14 Å². The highest BCUT2D eigenvalue weighted by molar-refractivity contribution is 7.85. The SMILES string of the molecule is O=P(c1ccccc1)(c1ccccc1)c1ccc(-c2cc(-n3c4ccccc4c4ccccc43)cc(-n3c4ccccc4c4ccccc43)c2)cc1. The van der Waals surface area contributed by atoms with Crippen LogP contribution in [0.25, 0.3) is 66.1 Å². The van der Waals surface area contributed by atoms with Crippen LogP contribution in [-0.4, -0.2) is 9.13 Å². The summed E-state index contributed by atoms with van der Waals surface area (Å²) in [5.74, 6) is 0. The number of benzene rings is 8. The van der Waals surface area contributed by atoms with Crippen molar-refractivity contribution >= 4 is 66.7 Å². The summed E-state index contributed by atoms with van der Waals surface area (Å²) in [6, 6.07) is 69.6. The summed E-state index contributed by atoms with van der Waals surface area (Å²) in [6.45, 7) is 0. The van der Waals surface area contributed by atoms with Crippen LogP contribution in [0.4, 0.5) is 0 Å². The van der Waals surface area contributed by atoms with Gasteiger partial charge in [0, 0.05) is 48.8 Å². The molecule has 0 N–H and O–H groups in total. The number of nitrogens with zero attached hydrogens (tertiary/aromatic N) is 2. The van der Waals surface area contributed by atoms with Crippen molar-refractivity contribution in [3.05, 3.63) is 200 Å². The van der Waals surface area contributed by atoms with Gasteiger partial charge in [-0.05, 0) is 53.6 Å². The molecule has 0 aliphatic heterocycles. The molecule has 4 heteroatoms. The van der Waals surface area contributed by atoms with E-state index in [1.165, 1.54) is 21.5 Å². The lowest BCUT2D eigenvalue weighted by Crippen LogP contribution is -2.24. The van der Waals surface area contributed by atoms with Crippen LogP contribution in [0.3, 0.4) is 0 Å². The van der Waals surface area contributed by atoms with Gasteiger partial charge >= 0.3 is 0 Å². The highest BCUT2D eigenvalue weighted by Gasteiger charge is 2.29. The first-order chi connectivity index (χ1) is 25.7. The molecular weight excluding hydrogens is 652 g/mol. The zero-order valence-corrected chi connectivity index (χ0v) is 29.2. The van der Waals surface area contributed by atoms with Gasteiger partial charge in [-0.2, -0.15) is 0 Å². The van der Waals surface area contributed by atoms with Crippen molar-refractivity contribution in [2.45, 2.75) is 0 Å². The third-order valence-corrected chi connectivity index (χ3v) is 13.5. The molecule has 0 aliphatic carbocycles. The second kappa shape index (κ2) is 12.1. The molecule has 0 aliphatic rings. The molecule has 246 valence electrons. The second-order valence-corrected chi connectivity index (χ2v) is 16.1. The number of rotatable bonds is 6. The quantitative estimate of drug-likeness (QED) is 0.160. The Morgan fingerprint density at radius 3 is 1.02 bits per heavy atom. The van der Waals surface area contributed by atoms with Crippen LogP contribution in [0.15, 0.2) is 200 Å². The lowest BCUT2D eigenvalue weighted by molar-refractivity contribution is 0.592. The average molecular weight is 685 g/mol. The summed E-state index contributed by atoms with van der Waals surface area (Å²) < 4.78 is 20.0. The average Bonchev–Trinajstić information content (AvgIpc) is 3.74. The number of para-hydroxylation sites is 4. The van der Waals surface area contributed by atoms with Crippen molar-refractivity contribution in [2.24, 2.45) is 0 Å². The predicted octanol–water partition coefficient (Wildman–Crippen LogP) is 11.2. The molecule has 8 aromatic carbocycles. The lowest BCUT2D eigenvalue weighted by atomic mass is 10.0. The molecule has 0 amide bonds. The van der Waals surface area contributed by atoms with Gasteiger partial charge in [-0.3, -0.25) is 0 Å².